The Bertz CT molecular complexity index is 1770. The third-order valence-electron chi connectivity index (χ3n) is 7.25. The van der Waals surface area contributed by atoms with E-state index in [4.69, 9.17) is 26.1 Å². The Morgan fingerprint density at radius 1 is 1.19 bits per heavy atom. The zero-order chi connectivity index (χ0) is 30.5. The van der Waals surface area contributed by atoms with Gasteiger partial charge in [0.2, 0.25) is 5.88 Å². The standard InChI is InChI=1S/C31H29ClN6O5/c1-38-31(41)22(11-13-35-38)29(40)36-24-8-4-5-19(23(24)15-33)20-6-3-7-21(28(20)32)25-10-9-18(30(37-25)42-2)16-34-26-12-14-43-17-27(26)39/h3-11,13,26-27,34,39H,12,14,16-17H2,1-2H3,(H,36,40)/t26-,27+/m1/s1. The lowest BCUT2D eigenvalue weighted by molar-refractivity contribution is -0.0281. The Hall–Kier alpha value is -4.60. The van der Waals surface area contributed by atoms with Crippen LogP contribution in [0.5, 0.6) is 5.88 Å². The van der Waals surface area contributed by atoms with E-state index < -0.39 is 17.6 Å². The summed E-state index contributed by atoms with van der Waals surface area (Å²) < 4.78 is 11.9. The fourth-order valence-electron chi connectivity index (χ4n) is 4.94. The molecule has 4 aromatic rings. The van der Waals surface area contributed by atoms with Gasteiger partial charge in [-0.3, -0.25) is 9.59 Å². The lowest BCUT2D eigenvalue weighted by Crippen LogP contribution is -2.46. The van der Waals surface area contributed by atoms with Gasteiger partial charge in [-0.05, 0) is 24.6 Å². The maximum Gasteiger partial charge on any atom is 0.279 e. The number of rotatable bonds is 8. The smallest absolute Gasteiger partial charge is 0.279 e. The first kappa shape index (κ1) is 29.9. The summed E-state index contributed by atoms with van der Waals surface area (Å²) in [7, 11) is 2.99. The van der Waals surface area contributed by atoms with Crippen LogP contribution in [0, 0.1) is 11.3 Å². The van der Waals surface area contributed by atoms with Crippen molar-refractivity contribution in [3.05, 3.63) is 92.9 Å². The van der Waals surface area contributed by atoms with Crippen molar-refractivity contribution in [3.8, 4) is 34.3 Å². The summed E-state index contributed by atoms with van der Waals surface area (Å²) in [5, 5.41) is 30.5. The van der Waals surface area contributed by atoms with Crippen molar-refractivity contribution < 1.29 is 19.4 Å². The summed E-state index contributed by atoms with van der Waals surface area (Å²) in [6.07, 6.45) is 1.47. The second-order valence-corrected chi connectivity index (χ2v) is 10.3. The van der Waals surface area contributed by atoms with E-state index in [-0.39, 0.29) is 22.9 Å². The summed E-state index contributed by atoms with van der Waals surface area (Å²) in [6.45, 7) is 1.33. The average molecular weight is 601 g/mol. The molecular formula is C31H29ClN6O5. The number of hydrogen-bond donors (Lipinski definition) is 3. The van der Waals surface area contributed by atoms with Gasteiger partial charge in [-0.2, -0.15) is 10.4 Å². The van der Waals surface area contributed by atoms with E-state index in [1.807, 2.05) is 18.2 Å². The van der Waals surface area contributed by atoms with E-state index in [0.29, 0.717) is 59.5 Å². The Kier molecular flexibility index (Phi) is 9.13. The predicted molar refractivity (Wildman–Crippen MR) is 161 cm³/mol. The molecule has 0 spiro atoms. The van der Waals surface area contributed by atoms with E-state index in [9.17, 15) is 20.0 Å². The Labute approximate surface area is 252 Å². The number of nitrogens with one attached hydrogen (secondary N) is 2. The largest absolute Gasteiger partial charge is 0.481 e. The van der Waals surface area contributed by atoms with Crippen LogP contribution < -0.4 is 20.9 Å². The second-order valence-electron chi connectivity index (χ2n) is 9.92. The molecule has 0 saturated carbocycles. The van der Waals surface area contributed by atoms with Crippen LogP contribution in [-0.2, 0) is 18.3 Å². The SMILES string of the molecule is COc1nc(-c2cccc(-c3cccc(NC(=O)c4ccnn(C)c4=O)c3C#N)c2Cl)ccc1CN[C@@H]1CCOC[C@@H]1O. The number of aromatic nitrogens is 3. The van der Waals surface area contributed by atoms with Crippen LogP contribution in [0.15, 0.2) is 65.6 Å². The molecule has 5 rings (SSSR count). The normalized spacial score (nSPS) is 16.3. The van der Waals surface area contributed by atoms with E-state index in [1.54, 1.807) is 30.3 Å². The van der Waals surface area contributed by atoms with Gasteiger partial charge in [0, 0.05) is 54.7 Å². The number of halogens is 1. The predicted octanol–water partition coefficient (Wildman–Crippen LogP) is 3.53. The van der Waals surface area contributed by atoms with Crippen molar-refractivity contribution in [2.24, 2.45) is 7.05 Å². The first-order valence-corrected chi connectivity index (χ1v) is 13.9. The molecule has 12 heteroatoms. The van der Waals surface area contributed by atoms with Crippen molar-refractivity contribution in [2.45, 2.75) is 25.1 Å². The number of aliphatic hydroxyl groups excluding tert-OH is 1. The Morgan fingerprint density at radius 2 is 1.95 bits per heavy atom. The number of aryl methyl sites for hydroxylation is 1. The summed E-state index contributed by atoms with van der Waals surface area (Å²) in [4.78, 5) is 30.0. The van der Waals surface area contributed by atoms with E-state index in [0.717, 1.165) is 10.2 Å². The number of aliphatic hydroxyl groups is 1. The molecule has 43 heavy (non-hydrogen) atoms. The molecule has 1 aliphatic heterocycles. The molecule has 220 valence electrons. The number of ether oxygens (including phenoxy) is 2. The van der Waals surface area contributed by atoms with E-state index in [1.165, 1.54) is 26.4 Å². The van der Waals surface area contributed by atoms with Crippen molar-refractivity contribution in [2.75, 3.05) is 25.6 Å². The van der Waals surface area contributed by atoms with Crippen LogP contribution in [0.1, 0.15) is 27.9 Å². The Balaban J connectivity index is 1.44. The number of hydrogen-bond acceptors (Lipinski definition) is 9. The van der Waals surface area contributed by atoms with Crippen LogP contribution in [0.2, 0.25) is 5.02 Å². The molecule has 2 atom stereocenters. The highest BCUT2D eigenvalue weighted by Gasteiger charge is 2.24. The van der Waals surface area contributed by atoms with Gasteiger partial charge in [-0.25, -0.2) is 9.67 Å². The van der Waals surface area contributed by atoms with Crippen LogP contribution in [-0.4, -0.2) is 58.2 Å². The van der Waals surface area contributed by atoms with E-state index in [2.05, 4.69) is 21.8 Å². The number of nitriles is 1. The zero-order valence-electron chi connectivity index (χ0n) is 23.5. The number of carbonyl (C=O) groups excluding carboxylic acids is 1. The molecule has 2 aromatic heterocycles. The van der Waals surface area contributed by atoms with Crippen molar-refractivity contribution in [1.82, 2.24) is 20.1 Å². The molecule has 1 saturated heterocycles. The molecule has 0 bridgehead atoms. The lowest BCUT2D eigenvalue weighted by atomic mass is 9.96. The maximum atomic E-state index is 12.9. The van der Waals surface area contributed by atoms with Gasteiger partial charge in [0.05, 0.1) is 41.8 Å². The minimum absolute atomic E-state index is 0.0887. The number of nitrogens with zero attached hydrogens (tertiary/aromatic N) is 4. The second kappa shape index (κ2) is 13.1. The van der Waals surface area contributed by atoms with Gasteiger partial charge < -0.3 is 25.2 Å². The van der Waals surface area contributed by atoms with Gasteiger partial charge >= 0.3 is 0 Å². The molecule has 1 amide bonds. The fraction of sp³-hybridized carbons (Fsp3) is 0.258. The molecular weight excluding hydrogens is 572 g/mol. The number of amides is 1. The van der Waals surface area contributed by atoms with Crippen LogP contribution in [0.4, 0.5) is 5.69 Å². The average Bonchev–Trinajstić information content (AvgIpc) is 3.02. The number of anilines is 1. The van der Waals surface area contributed by atoms with Gasteiger partial charge in [0.25, 0.3) is 11.5 Å². The number of carbonyl (C=O) groups is 1. The topological polar surface area (TPSA) is 151 Å². The first-order chi connectivity index (χ1) is 20.8. The molecule has 2 aromatic carbocycles. The first-order valence-electron chi connectivity index (χ1n) is 13.5. The Morgan fingerprint density at radius 3 is 2.72 bits per heavy atom. The third-order valence-corrected chi connectivity index (χ3v) is 7.66. The highest BCUT2D eigenvalue weighted by Crippen LogP contribution is 2.39. The summed E-state index contributed by atoms with van der Waals surface area (Å²) in [6, 6.07) is 17.5. The summed E-state index contributed by atoms with van der Waals surface area (Å²) in [5.74, 6) is -0.244. The van der Waals surface area contributed by atoms with E-state index >= 15 is 0 Å². The number of benzene rings is 2. The molecule has 3 N–H and O–H groups in total. The van der Waals surface area contributed by atoms with Crippen molar-refractivity contribution in [1.29, 1.82) is 5.26 Å². The quantitative estimate of drug-likeness (QED) is 0.276. The molecule has 0 unspecified atom stereocenters. The van der Waals surface area contributed by atoms with Crippen LogP contribution in [0.25, 0.3) is 22.4 Å². The number of methoxy groups -OCH3 is 1. The summed E-state index contributed by atoms with van der Waals surface area (Å²) in [5.41, 5.74) is 2.82. The molecule has 1 fully saturated rings. The van der Waals surface area contributed by atoms with Gasteiger partial charge in [-0.15, -0.1) is 0 Å². The van der Waals surface area contributed by atoms with Gasteiger partial charge in [0.1, 0.15) is 11.6 Å². The lowest BCUT2D eigenvalue weighted by Gasteiger charge is -2.28. The monoisotopic (exact) mass is 600 g/mol. The minimum atomic E-state index is -0.659. The zero-order valence-corrected chi connectivity index (χ0v) is 24.3. The molecule has 0 radical (unpaired) electrons. The minimum Gasteiger partial charge on any atom is -0.481 e. The summed E-state index contributed by atoms with van der Waals surface area (Å²) >= 11 is 6.93. The fourth-order valence-corrected chi connectivity index (χ4v) is 5.26. The highest BCUT2D eigenvalue weighted by atomic mass is 35.5. The van der Waals surface area contributed by atoms with Crippen molar-refractivity contribution in [3.63, 3.8) is 0 Å². The van der Waals surface area contributed by atoms with Gasteiger partial charge in [0.15, 0.2) is 0 Å². The third kappa shape index (κ3) is 6.28. The maximum absolute atomic E-state index is 12.9. The van der Waals surface area contributed by atoms with Crippen LogP contribution in [0.3, 0.4) is 0 Å². The highest BCUT2D eigenvalue weighted by molar-refractivity contribution is 6.36. The van der Waals surface area contributed by atoms with Gasteiger partial charge in [-0.1, -0.05) is 48.0 Å². The van der Waals surface area contributed by atoms with Crippen molar-refractivity contribution >= 4 is 23.2 Å². The number of pyridine rings is 1. The molecule has 0 aliphatic carbocycles. The molecule has 1 aliphatic rings. The van der Waals surface area contributed by atoms with Crippen LogP contribution >= 0.6 is 11.6 Å². The molecule has 11 nitrogen and oxygen atoms in total. The molecule has 3 heterocycles.